The van der Waals surface area contributed by atoms with Crippen LogP contribution in [0.5, 0.6) is 0 Å². The first-order chi connectivity index (χ1) is 33.6. The first-order valence-corrected chi connectivity index (χ1v) is 23.2. The number of rotatable bonds is 31. The molecule has 2 aromatic rings. The Kier molecular flexibility index (Phi) is 23.8. The molecule has 1 aliphatic rings. The lowest BCUT2D eigenvalue weighted by atomic mass is 9.78. The molecule has 3 heterocycles. The van der Waals surface area contributed by atoms with Gasteiger partial charge in [0.15, 0.2) is 17.3 Å². The van der Waals surface area contributed by atoms with Gasteiger partial charge in [-0.2, -0.15) is 0 Å². The Labute approximate surface area is 414 Å². The van der Waals surface area contributed by atoms with Crippen molar-refractivity contribution in [1.82, 2.24) is 9.97 Å². The first-order valence-electron chi connectivity index (χ1n) is 23.2. The standard InChI is InChI=1S/C52H68N2O17/c1-10-13-21-41(51(5,6)39(17-11-2)68-47(60)28-26-45(56)57)70-49(62)35-31-65-43(53-35)23-15-14-19-37-38(67-37)20-16-22-42(52(7,8)40(18-12-3)69-48(61)29-27-46(58)59)71-50(63)36-32-66-44(54-36)30-34(64-9)25-24-33(4)55/h10-20,23-25,31-34,37-42,55H,21-22,26-30H2,1-9H3,(H,56,57)(H,58,59)/b13-10-,17-11+,18-12+,19-14+,20-16-,23-15-,25-24+/t33?,34-,37-,38+,39-,40-,41-,42-/m0/s1. The average molecular weight is 993 g/mol. The summed E-state index contributed by atoms with van der Waals surface area (Å²) < 4.78 is 45.6. The minimum atomic E-state index is -1.15. The van der Waals surface area contributed by atoms with E-state index in [4.69, 9.17) is 47.5 Å². The molecule has 1 aliphatic heterocycles. The van der Waals surface area contributed by atoms with Crippen molar-refractivity contribution in [2.24, 2.45) is 10.8 Å². The second-order valence-corrected chi connectivity index (χ2v) is 17.7. The fourth-order valence-electron chi connectivity index (χ4n) is 6.80. The van der Waals surface area contributed by atoms with Gasteiger partial charge >= 0.3 is 35.8 Å². The van der Waals surface area contributed by atoms with Crippen molar-refractivity contribution in [3.63, 3.8) is 0 Å². The summed E-state index contributed by atoms with van der Waals surface area (Å²) in [6, 6.07) is 0. The predicted molar refractivity (Wildman–Crippen MR) is 257 cm³/mol. The Morgan fingerprint density at radius 2 is 1.20 bits per heavy atom. The van der Waals surface area contributed by atoms with Crippen LogP contribution in [-0.2, 0) is 54.0 Å². The fourth-order valence-corrected chi connectivity index (χ4v) is 6.80. The number of allylic oxidation sites excluding steroid dienone is 5. The molecular weight excluding hydrogens is 925 g/mol. The summed E-state index contributed by atoms with van der Waals surface area (Å²) in [7, 11) is 1.49. The lowest BCUT2D eigenvalue weighted by Crippen LogP contribution is -2.44. The van der Waals surface area contributed by atoms with Crippen LogP contribution in [-0.4, -0.2) is 117 Å². The highest BCUT2D eigenvalue weighted by Gasteiger charge is 2.43. The van der Waals surface area contributed by atoms with Gasteiger partial charge in [-0.3, -0.25) is 19.2 Å². The van der Waals surface area contributed by atoms with Crippen LogP contribution in [0.15, 0.2) is 100 Å². The summed E-state index contributed by atoms with van der Waals surface area (Å²) in [6.45, 7) is 14.0. The van der Waals surface area contributed by atoms with Crippen LogP contribution in [0.25, 0.3) is 6.08 Å². The van der Waals surface area contributed by atoms with E-state index in [2.05, 4.69) is 9.97 Å². The van der Waals surface area contributed by atoms with Crippen LogP contribution in [0.1, 0.15) is 127 Å². The molecule has 3 N–H and O–H groups in total. The molecule has 19 nitrogen and oxygen atoms in total. The second kappa shape index (κ2) is 28.8. The van der Waals surface area contributed by atoms with Crippen LogP contribution in [0.4, 0.5) is 0 Å². The molecule has 0 bridgehead atoms. The molecule has 2 aromatic heterocycles. The smallest absolute Gasteiger partial charge is 0.360 e. The summed E-state index contributed by atoms with van der Waals surface area (Å²) in [5.41, 5.74) is -2.20. The number of aliphatic hydroxyl groups is 1. The fraction of sp³-hybridized carbons (Fsp3) is 0.500. The van der Waals surface area contributed by atoms with Gasteiger partial charge in [0.1, 0.15) is 49.2 Å². The van der Waals surface area contributed by atoms with Crippen molar-refractivity contribution >= 4 is 41.9 Å². The van der Waals surface area contributed by atoms with E-state index >= 15 is 0 Å². The van der Waals surface area contributed by atoms with Gasteiger partial charge in [-0.25, -0.2) is 19.6 Å². The van der Waals surface area contributed by atoms with Gasteiger partial charge in [-0.1, -0.05) is 94.5 Å². The number of hydrogen-bond acceptors (Lipinski definition) is 17. The zero-order valence-electron chi connectivity index (χ0n) is 41.8. The average Bonchev–Trinajstić information content (AvgIpc) is 3.61. The van der Waals surface area contributed by atoms with Crippen LogP contribution < -0.4 is 0 Å². The summed E-state index contributed by atoms with van der Waals surface area (Å²) in [6.07, 6.45) is 20.0. The molecule has 0 spiro atoms. The number of hydrogen-bond donors (Lipinski definition) is 3. The highest BCUT2D eigenvalue weighted by molar-refractivity contribution is 5.87. The Hall–Kier alpha value is -6.70. The highest BCUT2D eigenvalue weighted by Crippen LogP contribution is 2.36. The van der Waals surface area contributed by atoms with E-state index in [1.807, 2.05) is 13.0 Å². The number of esters is 4. The molecule has 0 aliphatic carbocycles. The van der Waals surface area contributed by atoms with Crippen molar-refractivity contribution in [3.8, 4) is 0 Å². The molecule has 3 rings (SSSR count). The maximum atomic E-state index is 13.6. The number of nitrogens with zero attached hydrogens (tertiary/aromatic N) is 2. The van der Waals surface area contributed by atoms with E-state index in [1.165, 1.54) is 19.6 Å². The van der Waals surface area contributed by atoms with Crippen LogP contribution in [0.3, 0.4) is 0 Å². The molecule has 1 saturated heterocycles. The van der Waals surface area contributed by atoms with Crippen molar-refractivity contribution < 1.29 is 81.3 Å². The van der Waals surface area contributed by atoms with Crippen molar-refractivity contribution in [2.45, 2.75) is 149 Å². The van der Waals surface area contributed by atoms with Gasteiger partial charge in [0.2, 0.25) is 5.89 Å². The Bertz CT molecular complexity index is 2290. The molecule has 388 valence electrons. The minimum absolute atomic E-state index is 0.0871. The number of aromatic nitrogens is 2. The number of carboxylic acid groups (broad SMARTS) is 2. The number of carbonyl (C=O) groups excluding carboxylic acids is 4. The maximum absolute atomic E-state index is 13.6. The van der Waals surface area contributed by atoms with Crippen molar-refractivity contribution in [3.05, 3.63) is 115 Å². The molecular formula is C52H68N2O17. The lowest BCUT2D eigenvalue weighted by molar-refractivity contribution is -0.158. The van der Waals surface area contributed by atoms with Gasteiger partial charge in [-0.05, 0) is 39.8 Å². The molecule has 1 unspecified atom stereocenters. The molecule has 0 aromatic carbocycles. The predicted octanol–water partition coefficient (Wildman–Crippen LogP) is 7.92. The molecule has 1 fully saturated rings. The number of aliphatic carboxylic acids is 2. The number of methoxy groups -OCH3 is 1. The van der Waals surface area contributed by atoms with Gasteiger partial charge in [0.25, 0.3) is 0 Å². The summed E-state index contributed by atoms with van der Waals surface area (Å²) in [4.78, 5) is 82.8. The summed E-state index contributed by atoms with van der Waals surface area (Å²) >= 11 is 0. The Balaban J connectivity index is 1.71. The monoisotopic (exact) mass is 992 g/mol. The van der Waals surface area contributed by atoms with Crippen molar-refractivity contribution in [2.75, 3.05) is 7.11 Å². The summed E-state index contributed by atoms with van der Waals surface area (Å²) in [5, 5.41) is 27.7. The van der Waals surface area contributed by atoms with Gasteiger partial charge in [-0.15, -0.1) is 0 Å². The van der Waals surface area contributed by atoms with E-state index in [0.717, 1.165) is 0 Å². The number of oxazole rings is 2. The molecule has 0 saturated carbocycles. The van der Waals surface area contributed by atoms with E-state index in [1.54, 1.807) is 127 Å². The van der Waals surface area contributed by atoms with E-state index in [-0.39, 0.29) is 73.9 Å². The van der Waals surface area contributed by atoms with Gasteiger partial charge in [0, 0.05) is 36.9 Å². The molecule has 0 radical (unpaired) electrons. The Morgan fingerprint density at radius 1 is 0.676 bits per heavy atom. The zero-order valence-corrected chi connectivity index (χ0v) is 41.8. The third-order valence-corrected chi connectivity index (χ3v) is 11.2. The number of carboxylic acids is 2. The molecule has 19 heteroatoms. The van der Waals surface area contributed by atoms with Crippen LogP contribution in [0.2, 0.25) is 0 Å². The van der Waals surface area contributed by atoms with Gasteiger partial charge in [0.05, 0.1) is 44.3 Å². The zero-order chi connectivity index (χ0) is 52.7. The lowest BCUT2D eigenvalue weighted by Gasteiger charge is -2.38. The van der Waals surface area contributed by atoms with Crippen molar-refractivity contribution in [1.29, 1.82) is 0 Å². The first kappa shape index (κ1) is 58.6. The van der Waals surface area contributed by atoms with E-state index < -0.39 is 89.7 Å². The van der Waals surface area contributed by atoms with E-state index in [0.29, 0.717) is 0 Å². The minimum Gasteiger partial charge on any atom is -0.481 e. The molecule has 8 atom stereocenters. The highest BCUT2D eigenvalue weighted by atomic mass is 16.6. The third kappa shape index (κ3) is 19.9. The van der Waals surface area contributed by atoms with E-state index in [9.17, 15) is 33.9 Å². The van der Waals surface area contributed by atoms with Gasteiger partial charge < -0.3 is 52.6 Å². The number of carbonyl (C=O) groups is 6. The number of ether oxygens (including phenoxy) is 6. The second-order valence-electron chi connectivity index (χ2n) is 17.7. The number of epoxide rings is 1. The SMILES string of the molecule is C/C=C\C[C@H](OC(=O)c1coc(/C=C\C=C\[C@@H]2O[C@@H]2/C=C\C[C@H](OC(=O)c2coc(C[C@H](/C=C/C(C)O)OC)n2)C(C)(C)[C@H](/C=C/C)OC(=O)CCC(=O)O)n1)C(C)(C)[C@H](/C=C/C)OC(=O)CCC(=O)O. The molecule has 71 heavy (non-hydrogen) atoms. The molecule has 0 amide bonds. The third-order valence-electron chi connectivity index (χ3n) is 11.2. The Morgan fingerprint density at radius 3 is 1.70 bits per heavy atom. The topological polar surface area (TPSA) is 274 Å². The normalized spacial score (nSPS) is 18.1. The van der Waals surface area contributed by atoms with Crippen LogP contribution >= 0.6 is 0 Å². The quantitative estimate of drug-likeness (QED) is 0.0213. The number of aliphatic hydroxyl groups excluding tert-OH is 1. The largest absolute Gasteiger partial charge is 0.481 e. The maximum Gasteiger partial charge on any atom is 0.360 e. The van der Waals surface area contributed by atoms with Crippen LogP contribution in [0, 0.1) is 10.8 Å². The summed E-state index contributed by atoms with van der Waals surface area (Å²) in [5.74, 6) is -4.96.